The van der Waals surface area contributed by atoms with E-state index in [4.69, 9.17) is 9.47 Å². The molecular weight excluding hydrogens is 196 g/mol. The third-order valence-electron chi connectivity index (χ3n) is 3.22. The first-order valence-corrected chi connectivity index (χ1v) is 5.70. The summed E-state index contributed by atoms with van der Waals surface area (Å²) >= 11 is 0. The second-order valence-electron chi connectivity index (χ2n) is 5.00. The van der Waals surface area contributed by atoms with Crippen LogP contribution in [0.2, 0.25) is 0 Å². The van der Waals surface area contributed by atoms with Gasteiger partial charge in [0.2, 0.25) is 0 Å². The maximum atomic E-state index is 9.59. The Morgan fingerprint density at radius 1 is 0.867 bits per heavy atom. The first-order chi connectivity index (χ1) is 6.98. The first-order valence-electron chi connectivity index (χ1n) is 5.70. The van der Waals surface area contributed by atoms with Crippen molar-refractivity contribution in [2.45, 2.75) is 69.7 Å². The molecule has 2 N–H and O–H groups in total. The van der Waals surface area contributed by atoms with Gasteiger partial charge in [0.05, 0.1) is 24.4 Å². The van der Waals surface area contributed by atoms with Gasteiger partial charge in [0, 0.05) is 0 Å². The van der Waals surface area contributed by atoms with E-state index in [9.17, 15) is 10.2 Å². The summed E-state index contributed by atoms with van der Waals surface area (Å²) in [6.45, 7) is 3.81. The highest BCUT2D eigenvalue weighted by atomic mass is 16.7. The average molecular weight is 216 g/mol. The summed E-state index contributed by atoms with van der Waals surface area (Å²) in [6, 6.07) is 0. The molecule has 2 unspecified atom stereocenters. The molecule has 0 amide bonds. The smallest absolute Gasteiger partial charge is 0.163 e. The predicted molar refractivity (Wildman–Crippen MR) is 54.3 cm³/mol. The lowest BCUT2D eigenvalue weighted by atomic mass is 9.93. The van der Waals surface area contributed by atoms with E-state index >= 15 is 0 Å². The van der Waals surface area contributed by atoms with Crippen molar-refractivity contribution in [1.82, 2.24) is 0 Å². The minimum Gasteiger partial charge on any atom is -0.390 e. The Bertz CT molecular complexity index is 207. The molecule has 1 saturated heterocycles. The highest BCUT2D eigenvalue weighted by Crippen LogP contribution is 2.35. The van der Waals surface area contributed by atoms with Crippen LogP contribution in [-0.2, 0) is 9.47 Å². The van der Waals surface area contributed by atoms with Crippen molar-refractivity contribution in [2.75, 3.05) is 0 Å². The largest absolute Gasteiger partial charge is 0.390 e. The molecule has 15 heavy (non-hydrogen) atoms. The summed E-state index contributed by atoms with van der Waals surface area (Å²) in [4.78, 5) is 0. The maximum absolute atomic E-state index is 9.59. The molecule has 0 bridgehead atoms. The molecule has 2 rings (SSSR count). The summed E-state index contributed by atoms with van der Waals surface area (Å²) in [5.74, 6) is -0.518. The van der Waals surface area contributed by atoms with Crippen LogP contribution in [0.1, 0.15) is 39.5 Å². The van der Waals surface area contributed by atoms with Crippen LogP contribution in [0.4, 0.5) is 0 Å². The Morgan fingerprint density at radius 3 is 1.67 bits per heavy atom. The van der Waals surface area contributed by atoms with Gasteiger partial charge in [0.1, 0.15) is 0 Å². The number of hydrogen-bond acceptors (Lipinski definition) is 4. The molecule has 1 aliphatic carbocycles. The highest BCUT2D eigenvalue weighted by molar-refractivity contribution is 4.86. The lowest BCUT2D eigenvalue weighted by Gasteiger charge is -2.25. The fourth-order valence-electron chi connectivity index (χ4n) is 2.45. The van der Waals surface area contributed by atoms with E-state index in [-0.39, 0.29) is 12.2 Å². The second-order valence-corrected chi connectivity index (χ2v) is 5.00. The SMILES string of the molecule is CC1(C)O[C@H]2CCC(O)C(O)CC[C@H]2O1. The maximum Gasteiger partial charge on any atom is 0.163 e. The van der Waals surface area contributed by atoms with Gasteiger partial charge in [0.25, 0.3) is 0 Å². The van der Waals surface area contributed by atoms with Crippen molar-refractivity contribution < 1.29 is 19.7 Å². The van der Waals surface area contributed by atoms with Crippen molar-refractivity contribution in [2.24, 2.45) is 0 Å². The van der Waals surface area contributed by atoms with E-state index in [1.54, 1.807) is 0 Å². The Kier molecular flexibility index (Phi) is 3.03. The number of ether oxygens (including phenoxy) is 2. The molecular formula is C11H20O4. The molecule has 0 aromatic rings. The molecule has 4 nitrogen and oxygen atoms in total. The van der Waals surface area contributed by atoms with Crippen LogP contribution in [0.5, 0.6) is 0 Å². The van der Waals surface area contributed by atoms with E-state index in [2.05, 4.69) is 0 Å². The van der Waals surface area contributed by atoms with Crippen LogP contribution < -0.4 is 0 Å². The fourth-order valence-corrected chi connectivity index (χ4v) is 2.45. The summed E-state index contributed by atoms with van der Waals surface area (Å²) in [5, 5.41) is 19.2. The summed E-state index contributed by atoms with van der Waals surface area (Å²) in [7, 11) is 0. The summed E-state index contributed by atoms with van der Waals surface area (Å²) in [5.41, 5.74) is 0. The standard InChI is InChI=1S/C11H20O4/c1-11(2)14-9-5-3-7(12)8(13)4-6-10(9)15-11/h7-10,12-13H,3-6H2,1-2H3/t7?,8?,9-,10+. The van der Waals surface area contributed by atoms with Gasteiger partial charge in [-0.15, -0.1) is 0 Å². The zero-order valence-corrected chi connectivity index (χ0v) is 9.35. The summed E-state index contributed by atoms with van der Waals surface area (Å²) < 4.78 is 11.5. The predicted octanol–water partition coefficient (Wildman–Crippen LogP) is 0.802. The third-order valence-corrected chi connectivity index (χ3v) is 3.22. The Balaban J connectivity index is 2.00. The van der Waals surface area contributed by atoms with Gasteiger partial charge in [-0.3, -0.25) is 0 Å². The molecule has 2 fully saturated rings. The Morgan fingerprint density at radius 2 is 1.27 bits per heavy atom. The quantitative estimate of drug-likeness (QED) is 0.629. The molecule has 0 radical (unpaired) electrons. The van der Waals surface area contributed by atoms with E-state index in [1.807, 2.05) is 13.8 Å². The minimum absolute atomic E-state index is 0.0714. The molecule has 1 aliphatic heterocycles. The van der Waals surface area contributed by atoms with Gasteiger partial charge >= 0.3 is 0 Å². The monoisotopic (exact) mass is 216 g/mol. The molecule has 1 saturated carbocycles. The number of aliphatic hydroxyl groups excluding tert-OH is 2. The van der Waals surface area contributed by atoms with Gasteiger partial charge in [-0.05, 0) is 39.5 Å². The van der Waals surface area contributed by atoms with Crippen molar-refractivity contribution in [3.8, 4) is 0 Å². The second kappa shape index (κ2) is 4.01. The van der Waals surface area contributed by atoms with Crippen molar-refractivity contribution >= 4 is 0 Å². The van der Waals surface area contributed by atoms with Gasteiger partial charge in [0.15, 0.2) is 5.79 Å². The van der Waals surface area contributed by atoms with E-state index in [1.165, 1.54) is 0 Å². The molecule has 2 aliphatic rings. The fraction of sp³-hybridized carbons (Fsp3) is 1.00. The lowest BCUT2D eigenvalue weighted by Crippen LogP contribution is -2.34. The highest BCUT2D eigenvalue weighted by Gasteiger charge is 2.42. The lowest BCUT2D eigenvalue weighted by molar-refractivity contribution is -0.147. The summed E-state index contributed by atoms with van der Waals surface area (Å²) in [6.07, 6.45) is 1.60. The molecule has 4 heteroatoms. The average Bonchev–Trinajstić information content (AvgIpc) is 2.44. The number of aliphatic hydroxyl groups is 2. The normalized spacial score (nSPS) is 45.6. The molecule has 4 atom stereocenters. The van der Waals surface area contributed by atoms with Crippen LogP contribution in [-0.4, -0.2) is 40.4 Å². The van der Waals surface area contributed by atoms with Gasteiger partial charge in [-0.25, -0.2) is 0 Å². The molecule has 0 aromatic heterocycles. The van der Waals surface area contributed by atoms with Crippen LogP contribution in [0.25, 0.3) is 0 Å². The van der Waals surface area contributed by atoms with Gasteiger partial charge in [-0.2, -0.15) is 0 Å². The van der Waals surface area contributed by atoms with Gasteiger partial charge in [-0.1, -0.05) is 0 Å². The number of rotatable bonds is 0. The third kappa shape index (κ3) is 2.50. The van der Waals surface area contributed by atoms with E-state index < -0.39 is 18.0 Å². The number of fused-ring (bicyclic) bond motifs is 1. The zero-order valence-electron chi connectivity index (χ0n) is 9.35. The zero-order chi connectivity index (χ0) is 11.1. The van der Waals surface area contributed by atoms with Crippen LogP contribution in [0, 0.1) is 0 Å². The molecule has 88 valence electrons. The van der Waals surface area contributed by atoms with Crippen molar-refractivity contribution in [3.63, 3.8) is 0 Å². The van der Waals surface area contributed by atoms with Crippen molar-refractivity contribution in [1.29, 1.82) is 0 Å². The van der Waals surface area contributed by atoms with Gasteiger partial charge < -0.3 is 19.7 Å². The topological polar surface area (TPSA) is 58.9 Å². The van der Waals surface area contributed by atoms with E-state index in [0.29, 0.717) is 12.8 Å². The molecule has 0 spiro atoms. The number of hydrogen-bond donors (Lipinski definition) is 2. The van der Waals surface area contributed by atoms with Crippen LogP contribution >= 0.6 is 0 Å². The molecule has 0 aromatic carbocycles. The Hall–Kier alpha value is -0.160. The Labute approximate surface area is 90.2 Å². The van der Waals surface area contributed by atoms with Crippen LogP contribution in [0.3, 0.4) is 0 Å². The van der Waals surface area contributed by atoms with Crippen molar-refractivity contribution in [3.05, 3.63) is 0 Å². The van der Waals surface area contributed by atoms with E-state index in [0.717, 1.165) is 12.8 Å². The first kappa shape index (κ1) is 11.3. The van der Waals surface area contributed by atoms with Crippen LogP contribution in [0.15, 0.2) is 0 Å². The minimum atomic E-state index is -0.613. The molecule has 1 heterocycles.